The molecule has 0 aromatic heterocycles. The number of halogens is 1. The minimum Gasteiger partial charge on any atom is -0.457 e. The number of nitrogens with one attached hydrogen (secondary N) is 1. The van der Waals surface area contributed by atoms with Crippen LogP contribution in [-0.4, -0.2) is 31.7 Å². The highest BCUT2D eigenvalue weighted by atomic mass is 79.9. The van der Waals surface area contributed by atoms with Crippen LogP contribution < -0.4 is 10.1 Å². The van der Waals surface area contributed by atoms with Crippen molar-refractivity contribution in [1.29, 1.82) is 0 Å². The molecule has 3 aromatic carbocycles. The molecule has 0 atom stereocenters. The van der Waals surface area contributed by atoms with E-state index in [9.17, 15) is 13.2 Å². The first-order valence-corrected chi connectivity index (χ1v) is 13.2. The van der Waals surface area contributed by atoms with Crippen LogP contribution in [0, 0.1) is 5.92 Å². The van der Waals surface area contributed by atoms with Gasteiger partial charge in [0.25, 0.3) is 0 Å². The van der Waals surface area contributed by atoms with Gasteiger partial charge < -0.3 is 10.1 Å². The second kappa shape index (κ2) is 10.5. The second-order valence-corrected chi connectivity index (χ2v) is 10.9. The fourth-order valence-electron chi connectivity index (χ4n) is 3.75. The van der Waals surface area contributed by atoms with Crippen molar-refractivity contribution in [2.45, 2.75) is 18.6 Å². The average Bonchev–Trinajstić information content (AvgIpc) is 2.82. The number of rotatable bonds is 7. The Morgan fingerprint density at radius 1 is 0.909 bits per heavy atom. The fourth-order valence-corrected chi connectivity index (χ4v) is 5.58. The van der Waals surface area contributed by atoms with Crippen molar-refractivity contribution in [3.05, 3.63) is 88.9 Å². The first kappa shape index (κ1) is 23.5. The van der Waals surface area contributed by atoms with E-state index in [2.05, 4.69) is 21.2 Å². The molecule has 1 saturated heterocycles. The van der Waals surface area contributed by atoms with Crippen LogP contribution in [-0.2, 0) is 20.6 Å². The number of nitrogens with zero attached hydrogens (tertiary/aromatic N) is 1. The molecule has 1 N–H and O–H groups in total. The van der Waals surface area contributed by atoms with Crippen molar-refractivity contribution in [2.75, 3.05) is 18.4 Å². The average molecular weight is 529 g/mol. The first-order valence-electron chi connectivity index (χ1n) is 10.8. The predicted octanol–water partition coefficient (Wildman–Crippen LogP) is 5.42. The van der Waals surface area contributed by atoms with Gasteiger partial charge in [-0.15, -0.1) is 0 Å². The minimum absolute atomic E-state index is 0.0332. The van der Waals surface area contributed by atoms with Gasteiger partial charge >= 0.3 is 0 Å². The summed E-state index contributed by atoms with van der Waals surface area (Å²) in [7, 11) is -3.42. The van der Waals surface area contributed by atoms with Crippen LogP contribution in [0.3, 0.4) is 0 Å². The summed E-state index contributed by atoms with van der Waals surface area (Å²) >= 11 is 3.36. The number of anilines is 1. The van der Waals surface area contributed by atoms with Crippen LogP contribution in [0.2, 0.25) is 0 Å². The normalized spacial score (nSPS) is 15.2. The van der Waals surface area contributed by atoms with E-state index in [1.165, 1.54) is 4.31 Å². The van der Waals surface area contributed by atoms with Crippen molar-refractivity contribution < 1.29 is 17.9 Å². The van der Waals surface area contributed by atoms with E-state index in [4.69, 9.17) is 4.74 Å². The number of hydrogen-bond acceptors (Lipinski definition) is 4. The molecule has 4 rings (SSSR count). The predicted molar refractivity (Wildman–Crippen MR) is 133 cm³/mol. The third-order valence-corrected chi connectivity index (χ3v) is 7.96. The monoisotopic (exact) mass is 528 g/mol. The van der Waals surface area contributed by atoms with Gasteiger partial charge in [-0.05, 0) is 66.9 Å². The summed E-state index contributed by atoms with van der Waals surface area (Å²) < 4.78 is 33.7. The standard InChI is InChI=1S/C25H25BrN2O4S/c26-21-8-6-19(7-9-21)18-33(30,31)28-16-14-20(15-17-28)25(29)27-22-10-12-24(13-11-22)32-23-4-2-1-3-5-23/h1-13,20H,14-18H2,(H,27,29). The first-order chi connectivity index (χ1) is 15.9. The smallest absolute Gasteiger partial charge is 0.227 e. The Hall–Kier alpha value is -2.68. The number of sulfonamides is 1. The van der Waals surface area contributed by atoms with E-state index in [0.717, 1.165) is 15.8 Å². The summed E-state index contributed by atoms with van der Waals surface area (Å²) in [5.74, 6) is 1.09. The lowest BCUT2D eigenvalue weighted by atomic mass is 9.97. The van der Waals surface area contributed by atoms with Crippen molar-refractivity contribution >= 4 is 37.5 Å². The molecule has 1 heterocycles. The molecule has 6 nitrogen and oxygen atoms in total. The third-order valence-electron chi connectivity index (χ3n) is 5.58. The molecule has 1 aliphatic heterocycles. The molecule has 1 fully saturated rings. The highest BCUT2D eigenvalue weighted by Gasteiger charge is 2.31. The summed E-state index contributed by atoms with van der Waals surface area (Å²) in [6.45, 7) is 0.696. The van der Waals surface area contributed by atoms with Crippen LogP contribution in [0.4, 0.5) is 5.69 Å². The number of amides is 1. The Balaban J connectivity index is 1.28. The van der Waals surface area contributed by atoms with Gasteiger partial charge in [0.15, 0.2) is 0 Å². The van der Waals surface area contributed by atoms with E-state index in [1.807, 2.05) is 42.5 Å². The van der Waals surface area contributed by atoms with E-state index in [-0.39, 0.29) is 17.6 Å². The lowest BCUT2D eigenvalue weighted by Crippen LogP contribution is -2.41. The maximum atomic E-state index is 12.8. The lowest BCUT2D eigenvalue weighted by Gasteiger charge is -2.30. The van der Waals surface area contributed by atoms with Gasteiger partial charge in [0, 0.05) is 29.2 Å². The zero-order valence-electron chi connectivity index (χ0n) is 18.0. The van der Waals surface area contributed by atoms with Crippen molar-refractivity contribution in [3.8, 4) is 11.5 Å². The summed E-state index contributed by atoms with van der Waals surface area (Å²) in [5.41, 5.74) is 1.43. The Morgan fingerprint density at radius 2 is 1.52 bits per heavy atom. The number of carbonyl (C=O) groups excluding carboxylic acids is 1. The van der Waals surface area contributed by atoms with Gasteiger partial charge in [0.05, 0.1) is 5.75 Å². The number of ether oxygens (including phenoxy) is 1. The van der Waals surface area contributed by atoms with Crippen LogP contribution in [0.1, 0.15) is 18.4 Å². The Morgan fingerprint density at radius 3 is 2.15 bits per heavy atom. The van der Waals surface area contributed by atoms with E-state index >= 15 is 0 Å². The number of carbonyl (C=O) groups is 1. The van der Waals surface area contributed by atoms with E-state index in [0.29, 0.717) is 37.4 Å². The number of para-hydroxylation sites is 1. The summed E-state index contributed by atoms with van der Waals surface area (Å²) in [6.07, 6.45) is 1.00. The van der Waals surface area contributed by atoms with Crippen LogP contribution >= 0.6 is 15.9 Å². The molecule has 0 aliphatic carbocycles. The molecule has 8 heteroatoms. The molecule has 172 valence electrons. The molecule has 3 aromatic rings. The SMILES string of the molecule is O=C(Nc1ccc(Oc2ccccc2)cc1)C1CCN(S(=O)(=O)Cc2ccc(Br)cc2)CC1. The molecule has 0 saturated carbocycles. The highest BCUT2D eigenvalue weighted by molar-refractivity contribution is 9.10. The van der Waals surface area contributed by atoms with Crippen molar-refractivity contribution in [2.24, 2.45) is 5.92 Å². The largest absolute Gasteiger partial charge is 0.457 e. The lowest BCUT2D eigenvalue weighted by molar-refractivity contribution is -0.120. The van der Waals surface area contributed by atoms with Gasteiger partial charge in [0.2, 0.25) is 15.9 Å². The highest BCUT2D eigenvalue weighted by Crippen LogP contribution is 2.25. The van der Waals surface area contributed by atoms with Gasteiger partial charge in [0.1, 0.15) is 11.5 Å². The molecule has 0 bridgehead atoms. The zero-order chi connectivity index (χ0) is 23.3. The van der Waals surface area contributed by atoms with E-state index in [1.54, 1.807) is 36.4 Å². The number of piperidine rings is 1. The molecule has 1 aliphatic rings. The topological polar surface area (TPSA) is 75.7 Å². The molecule has 33 heavy (non-hydrogen) atoms. The van der Waals surface area contributed by atoms with Crippen LogP contribution in [0.15, 0.2) is 83.3 Å². The Kier molecular flexibility index (Phi) is 7.47. The molecule has 0 radical (unpaired) electrons. The maximum Gasteiger partial charge on any atom is 0.227 e. The quantitative estimate of drug-likeness (QED) is 0.444. The molecular weight excluding hydrogens is 504 g/mol. The molecule has 1 amide bonds. The fraction of sp³-hybridized carbons (Fsp3) is 0.240. The second-order valence-electron chi connectivity index (χ2n) is 7.98. The molecule has 0 unspecified atom stereocenters. The van der Waals surface area contributed by atoms with Gasteiger partial charge in [-0.2, -0.15) is 0 Å². The minimum atomic E-state index is -3.42. The molecular formula is C25H25BrN2O4S. The molecule has 0 spiro atoms. The van der Waals surface area contributed by atoms with Crippen molar-refractivity contribution in [1.82, 2.24) is 4.31 Å². The maximum absolute atomic E-state index is 12.8. The number of hydrogen-bond donors (Lipinski definition) is 1. The van der Waals surface area contributed by atoms with Crippen LogP contribution in [0.25, 0.3) is 0 Å². The summed E-state index contributed by atoms with van der Waals surface area (Å²) in [6, 6.07) is 24.0. The zero-order valence-corrected chi connectivity index (χ0v) is 20.4. The number of benzene rings is 3. The summed E-state index contributed by atoms with van der Waals surface area (Å²) in [4.78, 5) is 12.7. The van der Waals surface area contributed by atoms with E-state index < -0.39 is 10.0 Å². The Bertz CT molecular complexity index is 1180. The van der Waals surface area contributed by atoms with Gasteiger partial charge in [-0.1, -0.05) is 46.3 Å². The third kappa shape index (κ3) is 6.43. The van der Waals surface area contributed by atoms with Crippen LogP contribution in [0.5, 0.6) is 11.5 Å². The Labute approximate surface area is 202 Å². The summed E-state index contributed by atoms with van der Waals surface area (Å²) in [5, 5.41) is 2.93. The van der Waals surface area contributed by atoms with Gasteiger partial charge in [-0.3, -0.25) is 4.79 Å². The van der Waals surface area contributed by atoms with Gasteiger partial charge in [-0.25, -0.2) is 12.7 Å². The van der Waals surface area contributed by atoms with Crippen molar-refractivity contribution in [3.63, 3.8) is 0 Å².